The summed E-state index contributed by atoms with van der Waals surface area (Å²) in [7, 11) is 0. The monoisotopic (exact) mass is 192 g/mol. The van der Waals surface area contributed by atoms with Crippen molar-refractivity contribution in [1.29, 1.82) is 0 Å². The van der Waals surface area contributed by atoms with E-state index in [0.717, 1.165) is 12.1 Å². The van der Waals surface area contributed by atoms with Crippen molar-refractivity contribution >= 4 is 29.5 Å². The first-order chi connectivity index (χ1) is 5.15. The van der Waals surface area contributed by atoms with Crippen molar-refractivity contribution in [2.45, 2.75) is 0 Å². The highest BCUT2D eigenvalue weighted by molar-refractivity contribution is 6.38. The summed E-state index contributed by atoms with van der Waals surface area (Å²) in [6.45, 7) is 0. The molecule has 1 rings (SSSR count). The fraction of sp³-hybridized carbons (Fsp3) is 0. The average Bonchev–Trinajstić information content (AvgIpc) is 1.85. The van der Waals surface area contributed by atoms with Crippen LogP contribution < -0.4 is 0 Å². The Balaban J connectivity index is 3.36. The van der Waals surface area contributed by atoms with E-state index in [0.29, 0.717) is 6.29 Å². The maximum absolute atomic E-state index is 12.5. The normalized spacial score (nSPS) is 9.73. The molecule has 11 heavy (non-hydrogen) atoms. The summed E-state index contributed by atoms with van der Waals surface area (Å²) in [4.78, 5) is 10.3. The largest absolute Gasteiger partial charge is 0.298 e. The molecule has 0 saturated carbocycles. The molecule has 4 heteroatoms. The van der Waals surface area contributed by atoms with Gasteiger partial charge in [-0.2, -0.15) is 0 Å². The molecule has 0 aliphatic heterocycles. The van der Waals surface area contributed by atoms with E-state index in [1.807, 2.05) is 0 Å². The van der Waals surface area contributed by atoms with Gasteiger partial charge in [0.2, 0.25) is 0 Å². The van der Waals surface area contributed by atoms with Gasteiger partial charge in [0.25, 0.3) is 0 Å². The van der Waals surface area contributed by atoms with Gasteiger partial charge in [-0.15, -0.1) is 0 Å². The number of benzene rings is 1. The maximum Gasteiger partial charge on any atom is 0.153 e. The molecule has 1 aromatic rings. The number of halogens is 3. The molecule has 0 heterocycles. The molecule has 0 aliphatic rings. The number of hydrogen-bond acceptors (Lipinski definition) is 1. The second kappa shape index (κ2) is 3.20. The van der Waals surface area contributed by atoms with Gasteiger partial charge in [0.1, 0.15) is 5.82 Å². The summed E-state index contributed by atoms with van der Waals surface area (Å²) >= 11 is 11.0. The van der Waals surface area contributed by atoms with E-state index in [4.69, 9.17) is 23.2 Å². The van der Waals surface area contributed by atoms with Crippen LogP contribution in [0.4, 0.5) is 4.39 Å². The lowest BCUT2D eigenvalue weighted by Crippen LogP contribution is -1.85. The molecular formula is C7H3Cl2FO. The van der Waals surface area contributed by atoms with Crippen LogP contribution in [0.5, 0.6) is 0 Å². The standard InChI is InChI=1S/C7H3Cl2FO/c8-6-1-4(10)2-7(9)5(6)3-11/h1-3H. The molecule has 1 nitrogen and oxygen atoms in total. The zero-order valence-electron chi connectivity index (χ0n) is 5.27. The van der Waals surface area contributed by atoms with Crippen molar-refractivity contribution in [3.63, 3.8) is 0 Å². The summed E-state index contributed by atoms with van der Waals surface area (Å²) in [6.07, 6.45) is 0.490. The predicted octanol–water partition coefficient (Wildman–Crippen LogP) is 2.95. The lowest BCUT2D eigenvalue weighted by molar-refractivity contribution is 0.112. The second-order valence-electron chi connectivity index (χ2n) is 1.90. The fourth-order valence-corrected chi connectivity index (χ4v) is 1.22. The minimum Gasteiger partial charge on any atom is -0.298 e. The van der Waals surface area contributed by atoms with Gasteiger partial charge < -0.3 is 0 Å². The molecule has 0 N–H and O–H groups in total. The van der Waals surface area contributed by atoms with Crippen LogP contribution in [0.2, 0.25) is 10.0 Å². The molecule has 0 bridgehead atoms. The molecule has 0 atom stereocenters. The van der Waals surface area contributed by atoms with E-state index < -0.39 is 5.82 Å². The van der Waals surface area contributed by atoms with E-state index in [1.54, 1.807) is 0 Å². The molecule has 1 aromatic carbocycles. The predicted molar refractivity (Wildman–Crippen MR) is 41.8 cm³/mol. The van der Waals surface area contributed by atoms with E-state index in [-0.39, 0.29) is 15.6 Å². The molecule has 0 spiro atoms. The molecular weight excluding hydrogens is 190 g/mol. The second-order valence-corrected chi connectivity index (χ2v) is 2.72. The highest BCUT2D eigenvalue weighted by atomic mass is 35.5. The Kier molecular flexibility index (Phi) is 2.47. The minimum absolute atomic E-state index is 0.0324. The quantitative estimate of drug-likeness (QED) is 0.626. The van der Waals surface area contributed by atoms with Crippen LogP contribution in [0.15, 0.2) is 12.1 Å². The Hall–Kier alpha value is -0.600. The average molecular weight is 193 g/mol. The van der Waals surface area contributed by atoms with Crippen molar-refractivity contribution in [2.75, 3.05) is 0 Å². The first kappa shape index (κ1) is 8.50. The van der Waals surface area contributed by atoms with Crippen LogP contribution in [0.25, 0.3) is 0 Å². The van der Waals surface area contributed by atoms with E-state index in [9.17, 15) is 9.18 Å². The smallest absolute Gasteiger partial charge is 0.153 e. The fourth-order valence-electron chi connectivity index (χ4n) is 0.666. The summed E-state index contributed by atoms with van der Waals surface area (Å²) in [6, 6.07) is 2.08. The van der Waals surface area contributed by atoms with Crippen molar-refractivity contribution in [3.8, 4) is 0 Å². The van der Waals surface area contributed by atoms with Crippen LogP contribution >= 0.6 is 23.2 Å². The Morgan fingerprint density at radius 3 is 2.09 bits per heavy atom. The van der Waals surface area contributed by atoms with Crippen molar-refractivity contribution in [2.24, 2.45) is 0 Å². The Morgan fingerprint density at radius 2 is 1.73 bits per heavy atom. The van der Waals surface area contributed by atoms with Crippen molar-refractivity contribution < 1.29 is 9.18 Å². The van der Waals surface area contributed by atoms with Crippen LogP contribution in [-0.2, 0) is 0 Å². The number of carbonyl (C=O) groups excluding carboxylic acids is 1. The lowest BCUT2D eigenvalue weighted by Gasteiger charge is -1.98. The maximum atomic E-state index is 12.5. The Labute approximate surface area is 72.7 Å². The highest BCUT2D eigenvalue weighted by Gasteiger charge is 2.06. The van der Waals surface area contributed by atoms with Gasteiger partial charge in [-0.3, -0.25) is 4.79 Å². The van der Waals surface area contributed by atoms with Gasteiger partial charge in [-0.05, 0) is 12.1 Å². The zero-order chi connectivity index (χ0) is 8.43. The highest BCUT2D eigenvalue weighted by Crippen LogP contribution is 2.23. The Morgan fingerprint density at radius 1 is 1.27 bits per heavy atom. The number of rotatable bonds is 1. The third-order valence-electron chi connectivity index (χ3n) is 1.16. The first-order valence-electron chi connectivity index (χ1n) is 2.75. The van der Waals surface area contributed by atoms with Crippen molar-refractivity contribution in [1.82, 2.24) is 0 Å². The molecule has 0 aromatic heterocycles. The van der Waals surface area contributed by atoms with Gasteiger partial charge in [0, 0.05) is 0 Å². The van der Waals surface area contributed by atoms with Crippen LogP contribution in [0.3, 0.4) is 0 Å². The zero-order valence-corrected chi connectivity index (χ0v) is 6.79. The van der Waals surface area contributed by atoms with Gasteiger partial charge in [0.15, 0.2) is 6.29 Å². The van der Waals surface area contributed by atoms with E-state index in [1.165, 1.54) is 0 Å². The Bertz CT molecular complexity index is 275. The van der Waals surface area contributed by atoms with Crippen LogP contribution in [0, 0.1) is 5.82 Å². The third kappa shape index (κ3) is 1.70. The molecule has 0 radical (unpaired) electrons. The summed E-state index contributed by atoms with van der Waals surface area (Å²) in [5.41, 5.74) is 0.120. The number of hydrogen-bond donors (Lipinski definition) is 0. The summed E-state index contributed by atoms with van der Waals surface area (Å²) < 4.78 is 12.5. The molecule has 0 aliphatic carbocycles. The molecule has 0 saturated heterocycles. The molecule has 0 fully saturated rings. The van der Waals surface area contributed by atoms with Gasteiger partial charge in [0.05, 0.1) is 15.6 Å². The van der Waals surface area contributed by atoms with Crippen LogP contribution in [0.1, 0.15) is 10.4 Å². The van der Waals surface area contributed by atoms with E-state index >= 15 is 0 Å². The molecule has 0 unspecified atom stereocenters. The topological polar surface area (TPSA) is 17.1 Å². The number of carbonyl (C=O) groups is 1. The lowest BCUT2D eigenvalue weighted by atomic mass is 10.2. The minimum atomic E-state index is -0.550. The molecule has 0 amide bonds. The van der Waals surface area contributed by atoms with Crippen molar-refractivity contribution in [3.05, 3.63) is 33.6 Å². The van der Waals surface area contributed by atoms with Gasteiger partial charge in [-0.25, -0.2) is 4.39 Å². The number of aldehydes is 1. The third-order valence-corrected chi connectivity index (χ3v) is 1.79. The van der Waals surface area contributed by atoms with Crippen LogP contribution in [-0.4, -0.2) is 6.29 Å². The van der Waals surface area contributed by atoms with E-state index in [2.05, 4.69) is 0 Å². The summed E-state index contributed by atoms with van der Waals surface area (Å²) in [5, 5.41) is 0.0648. The first-order valence-corrected chi connectivity index (χ1v) is 3.50. The van der Waals surface area contributed by atoms with Gasteiger partial charge in [-0.1, -0.05) is 23.2 Å². The summed E-state index contributed by atoms with van der Waals surface area (Å²) in [5.74, 6) is -0.550. The SMILES string of the molecule is O=Cc1c(Cl)cc(F)cc1Cl. The molecule has 58 valence electrons. The van der Waals surface area contributed by atoms with Gasteiger partial charge >= 0.3 is 0 Å².